The van der Waals surface area contributed by atoms with Gasteiger partial charge in [-0.2, -0.15) is 0 Å². The molecular formula is C13H18N2O3. The molecule has 3 N–H and O–H groups in total. The van der Waals surface area contributed by atoms with E-state index in [1.54, 1.807) is 12.1 Å². The number of benzene rings is 1. The van der Waals surface area contributed by atoms with Gasteiger partial charge in [-0.15, -0.1) is 0 Å². The summed E-state index contributed by atoms with van der Waals surface area (Å²) >= 11 is 0. The summed E-state index contributed by atoms with van der Waals surface area (Å²) in [7, 11) is 0. The van der Waals surface area contributed by atoms with Crippen LogP contribution in [0.2, 0.25) is 0 Å². The van der Waals surface area contributed by atoms with Crippen molar-refractivity contribution in [2.45, 2.75) is 19.9 Å². The van der Waals surface area contributed by atoms with Crippen molar-refractivity contribution in [2.75, 3.05) is 13.1 Å². The van der Waals surface area contributed by atoms with Gasteiger partial charge in [0.1, 0.15) is 0 Å². The smallest absolute Gasteiger partial charge is 0.335 e. The van der Waals surface area contributed by atoms with Crippen molar-refractivity contribution >= 4 is 11.9 Å². The van der Waals surface area contributed by atoms with Crippen molar-refractivity contribution in [3.63, 3.8) is 0 Å². The largest absolute Gasteiger partial charge is 0.478 e. The van der Waals surface area contributed by atoms with Gasteiger partial charge in [-0.05, 0) is 30.7 Å². The zero-order valence-corrected chi connectivity index (χ0v) is 10.4. The second-order valence-corrected chi connectivity index (χ2v) is 3.96. The van der Waals surface area contributed by atoms with Crippen LogP contribution < -0.4 is 10.6 Å². The quantitative estimate of drug-likeness (QED) is 0.631. The highest BCUT2D eigenvalue weighted by Crippen LogP contribution is 2.03. The summed E-state index contributed by atoms with van der Waals surface area (Å²) in [5.74, 6) is -1.01. The van der Waals surface area contributed by atoms with Crippen molar-refractivity contribution in [1.29, 1.82) is 0 Å². The van der Waals surface area contributed by atoms with Crippen molar-refractivity contribution in [3.8, 4) is 0 Å². The van der Waals surface area contributed by atoms with Crippen LogP contribution in [0.1, 0.15) is 29.3 Å². The molecule has 0 aromatic heterocycles. The Hall–Kier alpha value is -1.88. The van der Waals surface area contributed by atoms with Crippen LogP contribution in [0.4, 0.5) is 0 Å². The summed E-state index contributed by atoms with van der Waals surface area (Å²) < 4.78 is 0. The van der Waals surface area contributed by atoms with Gasteiger partial charge in [0.15, 0.2) is 0 Å². The van der Waals surface area contributed by atoms with E-state index in [-0.39, 0.29) is 11.5 Å². The van der Waals surface area contributed by atoms with Gasteiger partial charge in [0.25, 0.3) is 0 Å². The predicted molar refractivity (Wildman–Crippen MR) is 68.4 cm³/mol. The molecule has 0 saturated heterocycles. The first-order valence-corrected chi connectivity index (χ1v) is 5.93. The molecule has 0 fully saturated rings. The minimum atomic E-state index is -0.950. The molecule has 0 aliphatic carbocycles. The standard InChI is InChI=1S/C13H18N2O3/c1-2-7-14-9-12(16)15-8-10-3-5-11(6-4-10)13(17)18/h3-6,14H,2,7-9H2,1H3,(H,15,16)(H,17,18). The van der Waals surface area contributed by atoms with E-state index in [9.17, 15) is 9.59 Å². The van der Waals surface area contributed by atoms with Crippen molar-refractivity contribution in [2.24, 2.45) is 0 Å². The summed E-state index contributed by atoms with van der Waals surface area (Å²) in [5.41, 5.74) is 1.12. The Bertz CT molecular complexity index is 401. The fraction of sp³-hybridized carbons (Fsp3) is 0.385. The average molecular weight is 250 g/mol. The maximum atomic E-state index is 11.4. The maximum Gasteiger partial charge on any atom is 0.335 e. The molecule has 5 heteroatoms. The van der Waals surface area contributed by atoms with Gasteiger partial charge in [0, 0.05) is 6.54 Å². The summed E-state index contributed by atoms with van der Waals surface area (Å²) in [5, 5.41) is 14.5. The molecule has 0 unspecified atom stereocenters. The third kappa shape index (κ3) is 4.97. The van der Waals surface area contributed by atoms with Crippen molar-refractivity contribution < 1.29 is 14.7 Å². The number of carboxylic acids is 1. The van der Waals surface area contributed by atoms with Gasteiger partial charge in [-0.3, -0.25) is 4.79 Å². The molecule has 18 heavy (non-hydrogen) atoms. The highest BCUT2D eigenvalue weighted by molar-refractivity contribution is 5.87. The van der Waals surface area contributed by atoms with Crippen LogP contribution in [0.5, 0.6) is 0 Å². The summed E-state index contributed by atoms with van der Waals surface area (Å²) in [6.07, 6.45) is 0.990. The lowest BCUT2D eigenvalue weighted by atomic mass is 10.1. The maximum absolute atomic E-state index is 11.4. The van der Waals surface area contributed by atoms with Crippen LogP contribution in [-0.4, -0.2) is 30.1 Å². The molecule has 0 bridgehead atoms. The number of hydrogen-bond acceptors (Lipinski definition) is 3. The zero-order valence-electron chi connectivity index (χ0n) is 10.4. The van der Waals surface area contributed by atoms with Gasteiger partial charge < -0.3 is 15.7 Å². The number of amides is 1. The Morgan fingerprint density at radius 3 is 2.44 bits per heavy atom. The Morgan fingerprint density at radius 1 is 1.22 bits per heavy atom. The summed E-state index contributed by atoms with van der Waals surface area (Å²) in [6, 6.07) is 6.45. The monoisotopic (exact) mass is 250 g/mol. The van der Waals surface area contributed by atoms with E-state index in [4.69, 9.17) is 5.11 Å². The lowest BCUT2D eigenvalue weighted by Gasteiger charge is -2.06. The van der Waals surface area contributed by atoms with Crippen LogP contribution in [0, 0.1) is 0 Å². The van der Waals surface area contributed by atoms with E-state index in [1.807, 2.05) is 6.92 Å². The molecule has 1 aromatic carbocycles. The fourth-order valence-electron chi connectivity index (χ4n) is 1.41. The first-order chi connectivity index (χ1) is 8.63. The molecule has 0 saturated carbocycles. The summed E-state index contributed by atoms with van der Waals surface area (Å²) in [4.78, 5) is 22.0. The average Bonchev–Trinajstić information content (AvgIpc) is 2.37. The Morgan fingerprint density at radius 2 is 1.89 bits per heavy atom. The Labute approximate surface area is 106 Å². The fourth-order valence-corrected chi connectivity index (χ4v) is 1.41. The highest BCUT2D eigenvalue weighted by atomic mass is 16.4. The molecule has 0 aliphatic rings. The molecular weight excluding hydrogens is 232 g/mol. The van der Waals surface area contributed by atoms with Crippen molar-refractivity contribution in [3.05, 3.63) is 35.4 Å². The van der Waals surface area contributed by atoms with Crippen molar-refractivity contribution in [1.82, 2.24) is 10.6 Å². The lowest BCUT2D eigenvalue weighted by Crippen LogP contribution is -2.33. The first kappa shape index (κ1) is 14.2. The number of aromatic carboxylic acids is 1. The molecule has 1 amide bonds. The van der Waals surface area contributed by atoms with Gasteiger partial charge in [0.2, 0.25) is 5.91 Å². The third-order valence-electron chi connectivity index (χ3n) is 2.40. The molecule has 0 aliphatic heterocycles. The van der Waals surface area contributed by atoms with E-state index in [2.05, 4.69) is 10.6 Å². The van der Waals surface area contributed by atoms with Gasteiger partial charge in [-0.1, -0.05) is 19.1 Å². The predicted octanol–water partition coefficient (Wildman–Crippen LogP) is 1.00. The molecule has 5 nitrogen and oxygen atoms in total. The van der Waals surface area contributed by atoms with Crippen LogP contribution in [0.3, 0.4) is 0 Å². The molecule has 0 spiro atoms. The molecule has 0 radical (unpaired) electrons. The number of carboxylic acid groups (broad SMARTS) is 1. The number of rotatable bonds is 7. The van der Waals surface area contributed by atoms with Gasteiger partial charge in [0.05, 0.1) is 12.1 Å². The van der Waals surface area contributed by atoms with E-state index in [1.165, 1.54) is 12.1 Å². The topological polar surface area (TPSA) is 78.4 Å². The normalized spacial score (nSPS) is 10.1. The minimum absolute atomic E-state index is 0.0641. The molecule has 1 aromatic rings. The molecule has 0 atom stereocenters. The minimum Gasteiger partial charge on any atom is -0.478 e. The second-order valence-electron chi connectivity index (χ2n) is 3.96. The molecule has 1 rings (SSSR count). The number of carbonyl (C=O) groups is 2. The Balaban J connectivity index is 2.34. The highest BCUT2D eigenvalue weighted by Gasteiger charge is 2.03. The second kappa shape index (κ2) is 7.45. The van der Waals surface area contributed by atoms with E-state index >= 15 is 0 Å². The summed E-state index contributed by atoms with van der Waals surface area (Å²) in [6.45, 7) is 3.57. The molecule has 0 heterocycles. The van der Waals surface area contributed by atoms with Crippen LogP contribution >= 0.6 is 0 Å². The third-order valence-corrected chi connectivity index (χ3v) is 2.40. The lowest BCUT2D eigenvalue weighted by molar-refractivity contribution is -0.120. The van der Waals surface area contributed by atoms with E-state index < -0.39 is 5.97 Å². The van der Waals surface area contributed by atoms with Crippen LogP contribution in [-0.2, 0) is 11.3 Å². The van der Waals surface area contributed by atoms with E-state index in [0.29, 0.717) is 13.1 Å². The van der Waals surface area contributed by atoms with Crippen LogP contribution in [0.25, 0.3) is 0 Å². The zero-order chi connectivity index (χ0) is 13.4. The molecule has 98 valence electrons. The van der Waals surface area contributed by atoms with Gasteiger partial charge >= 0.3 is 5.97 Å². The Kier molecular flexibility index (Phi) is 5.87. The number of carbonyl (C=O) groups excluding carboxylic acids is 1. The SMILES string of the molecule is CCCNCC(=O)NCc1ccc(C(=O)O)cc1. The number of hydrogen-bond donors (Lipinski definition) is 3. The van der Waals surface area contributed by atoms with E-state index in [0.717, 1.165) is 18.5 Å². The van der Waals surface area contributed by atoms with Crippen LogP contribution in [0.15, 0.2) is 24.3 Å². The number of nitrogens with one attached hydrogen (secondary N) is 2. The first-order valence-electron chi connectivity index (χ1n) is 5.93. The van der Waals surface area contributed by atoms with Gasteiger partial charge in [-0.25, -0.2) is 4.79 Å².